The van der Waals surface area contributed by atoms with Gasteiger partial charge in [0, 0.05) is 6.42 Å². The number of phosphoric ester groups is 1. The Morgan fingerprint density at radius 2 is 1.04 bits per heavy atom. The Morgan fingerprint density at radius 1 is 0.635 bits per heavy atom. The summed E-state index contributed by atoms with van der Waals surface area (Å²) in [4.78, 5) is 23.1. The normalized spacial score (nSPS) is 14.5. The van der Waals surface area contributed by atoms with Crippen LogP contribution in [0.4, 0.5) is 0 Å². The van der Waals surface area contributed by atoms with Crippen molar-refractivity contribution in [3.8, 4) is 0 Å². The van der Waals surface area contributed by atoms with Crippen molar-refractivity contribution in [3.63, 3.8) is 0 Å². The van der Waals surface area contributed by atoms with Crippen molar-refractivity contribution in [1.29, 1.82) is 0 Å². The molecule has 0 saturated heterocycles. The monoisotopic (exact) mass is 760 g/mol. The number of aliphatic hydroxyl groups is 1. The van der Waals surface area contributed by atoms with Crippen LogP contribution < -0.4 is 5.32 Å². The maximum Gasteiger partial charge on any atom is 0.472 e. The molecule has 310 valence electrons. The number of hydrogen-bond acceptors (Lipinski definition) is 5. The zero-order valence-electron chi connectivity index (χ0n) is 35.1. The van der Waals surface area contributed by atoms with Crippen LogP contribution in [0.5, 0.6) is 0 Å². The SMILES string of the molecule is CCCCCCCCCCCC/C=C\CCCCCCCCCC(=O)NC(COP(=O)(O)OCC[N+](C)(C)C)C(O)CCCCCCCCCCC. The fourth-order valence-corrected chi connectivity index (χ4v) is 7.19. The molecule has 1 amide bonds. The van der Waals surface area contributed by atoms with Gasteiger partial charge in [-0.05, 0) is 38.5 Å². The van der Waals surface area contributed by atoms with Crippen LogP contribution in [0, 0.1) is 0 Å². The van der Waals surface area contributed by atoms with Crippen molar-refractivity contribution < 1.29 is 32.9 Å². The first-order chi connectivity index (χ1) is 25.0. The molecule has 3 atom stereocenters. The summed E-state index contributed by atoms with van der Waals surface area (Å²) in [5.74, 6) is -0.150. The van der Waals surface area contributed by atoms with Crippen molar-refractivity contribution in [2.75, 3.05) is 40.9 Å². The van der Waals surface area contributed by atoms with E-state index < -0.39 is 20.0 Å². The van der Waals surface area contributed by atoms with Crippen LogP contribution in [0.3, 0.4) is 0 Å². The van der Waals surface area contributed by atoms with Gasteiger partial charge in [-0.25, -0.2) is 4.57 Å². The van der Waals surface area contributed by atoms with Crippen molar-refractivity contribution in [3.05, 3.63) is 12.2 Å². The van der Waals surface area contributed by atoms with E-state index in [0.29, 0.717) is 23.9 Å². The van der Waals surface area contributed by atoms with Crippen LogP contribution in [0.2, 0.25) is 0 Å². The van der Waals surface area contributed by atoms with Gasteiger partial charge in [-0.1, -0.05) is 174 Å². The van der Waals surface area contributed by atoms with E-state index >= 15 is 0 Å². The van der Waals surface area contributed by atoms with Crippen molar-refractivity contribution in [2.45, 2.75) is 219 Å². The lowest BCUT2D eigenvalue weighted by Gasteiger charge is -2.26. The summed E-state index contributed by atoms with van der Waals surface area (Å²) in [5.41, 5.74) is 0. The molecule has 0 aliphatic rings. The minimum atomic E-state index is -4.30. The quantitative estimate of drug-likeness (QED) is 0.0249. The van der Waals surface area contributed by atoms with Crippen LogP contribution in [0.25, 0.3) is 0 Å². The number of likely N-dealkylation sites (N-methyl/N-ethyl adjacent to an activating group) is 1. The number of aliphatic hydroxyl groups excluding tert-OH is 1. The molecule has 0 heterocycles. The number of quaternary nitrogens is 1. The molecule has 52 heavy (non-hydrogen) atoms. The molecule has 0 spiro atoms. The Kier molecular flexibility index (Phi) is 35.4. The van der Waals surface area contributed by atoms with Gasteiger partial charge in [-0.15, -0.1) is 0 Å². The molecule has 0 aliphatic heterocycles. The zero-order chi connectivity index (χ0) is 38.6. The number of phosphoric acid groups is 1. The van der Waals surface area contributed by atoms with Crippen LogP contribution >= 0.6 is 7.82 Å². The Hall–Kier alpha value is -0.760. The lowest BCUT2D eigenvalue weighted by molar-refractivity contribution is -0.870. The molecule has 0 bridgehead atoms. The standard InChI is InChI=1S/C43H87N2O6P/c1-6-8-10-12-14-16-17-18-19-20-21-22-23-24-25-26-27-29-31-33-35-37-43(47)44-41(40-51-52(48,49)50-39-38-45(3,4)5)42(46)36-34-32-30-28-15-13-11-9-7-2/h22-23,41-42,46H,6-21,24-40H2,1-5H3,(H-,44,47,48,49)/p+1/b23-22-. The number of hydrogen-bond donors (Lipinski definition) is 3. The summed E-state index contributed by atoms with van der Waals surface area (Å²) in [5, 5.41) is 13.9. The van der Waals surface area contributed by atoms with E-state index in [4.69, 9.17) is 9.05 Å². The van der Waals surface area contributed by atoms with E-state index in [0.717, 1.165) is 38.5 Å². The highest BCUT2D eigenvalue weighted by molar-refractivity contribution is 7.47. The predicted molar refractivity (Wildman–Crippen MR) is 222 cm³/mol. The number of rotatable bonds is 40. The molecule has 0 aromatic heterocycles. The Bertz CT molecular complexity index is 865. The molecule has 0 aliphatic carbocycles. The first kappa shape index (κ1) is 51.2. The average Bonchev–Trinajstić information content (AvgIpc) is 3.09. The fraction of sp³-hybridized carbons (Fsp3) is 0.930. The molecule has 8 nitrogen and oxygen atoms in total. The minimum Gasteiger partial charge on any atom is -0.391 e. The average molecular weight is 760 g/mol. The molecule has 0 radical (unpaired) electrons. The highest BCUT2D eigenvalue weighted by atomic mass is 31.2. The van der Waals surface area contributed by atoms with Gasteiger partial charge >= 0.3 is 7.82 Å². The largest absolute Gasteiger partial charge is 0.472 e. The third-order valence-electron chi connectivity index (χ3n) is 10.0. The Balaban J connectivity index is 4.22. The Morgan fingerprint density at radius 3 is 1.48 bits per heavy atom. The van der Waals surface area contributed by atoms with E-state index in [2.05, 4.69) is 31.3 Å². The van der Waals surface area contributed by atoms with Crippen LogP contribution in [0.15, 0.2) is 12.2 Å². The van der Waals surface area contributed by atoms with Gasteiger partial charge in [0.05, 0.1) is 39.9 Å². The summed E-state index contributed by atoms with van der Waals surface area (Å²) >= 11 is 0. The molecule has 0 aromatic carbocycles. The van der Waals surface area contributed by atoms with E-state index in [-0.39, 0.29) is 19.1 Å². The first-order valence-electron chi connectivity index (χ1n) is 22.1. The summed E-state index contributed by atoms with van der Waals surface area (Å²) in [6.45, 7) is 4.86. The predicted octanol–water partition coefficient (Wildman–Crippen LogP) is 12.0. The number of nitrogens with zero attached hydrogens (tertiary/aromatic N) is 1. The zero-order valence-corrected chi connectivity index (χ0v) is 36.0. The topological polar surface area (TPSA) is 105 Å². The second kappa shape index (κ2) is 35.9. The summed E-state index contributed by atoms with van der Waals surface area (Å²) in [7, 11) is 1.62. The first-order valence-corrected chi connectivity index (χ1v) is 23.5. The number of allylic oxidation sites excluding steroid dienone is 2. The molecule has 0 rings (SSSR count). The lowest BCUT2D eigenvalue weighted by atomic mass is 10.0. The Labute approximate surface area is 322 Å². The summed E-state index contributed by atoms with van der Waals surface area (Å²) in [6.07, 6.45) is 39.6. The molecule has 3 unspecified atom stereocenters. The molecular weight excluding hydrogens is 671 g/mol. The molecule has 9 heteroatoms. The van der Waals surface area contributed by atoms with Gasteiger partial charge < -0.3 is 19.8 Å². The highest BCUT2D eigenvalue weighted by Crippen LogP contribution is 2.43. The molecule has 0 saturated carbocycles. The van der Waals surface area contributed by atoms with Crippen molar-refractivity contribution in [1.82, 2.24) is 5.32 Å². The summed E-state index contributed by atoms with van der Waals surface area (Å²) < 4.78 is 23.5. The minimum absolute atomic E-state index is 0.0752. The maximum absolute atomic E-state index is 12.8. The van der Waals surface area contributed by atoms with E-state index in [1.54, 1.807) is 0 Å². The molecule has 0 aromatic rings. The number of amides is 1. The smallest absolute Gasteiger partial charge is 0.391 e. The van der Waals surface area contributed by atoms with E-state index in [9.17, 15) is 19.4 Å². The number of unbranched alkanes of at least 4 members (excludes halogenated alkanes) is 25. The third kappa shape index (κ3) is 37.6. The number of carbonyl (C=O) groups is 1. The van der Waals surface area contributed by atoms with Gasteiger partial charge in [-0.2, -0.15) is 0 Å². The van der Waals surface area contributed by atoms with Crippen LogP contribution in [0.1, 0.15) is 206 Å². The van der Waals surface area contributed by atoms with Crippen LogP contribution in [-0.2, 0) is 18.4 Å². The molecule has 3 N–H and O–H groups in total. The number of nitrogens with one attached hydrogen (secondary N) is 1. The van der Waals surface area contributed by atoms with Gasteiger partial charge in [-0.3, -0.25) is 13.8 Å². The van der Waals surface area contributed by atoms with Crippen molar-refractivity contribution >= 4 is 13.7 Å². The lowest BCUT2D eigenvalue weighted by Crippen LogP contribution is -2.46. The van der Waals surface area contributed by atoms with Gasteiger partial charge in [0.2, 0.25) is 5.91 Å². The van der Waals surface area contributed by atoms with Gasteiger partial charge in [0.25, 0.3) is 0 Å². The summed E-state index contributed by atoms with van der Waals surface area (Å²) in [6, 6.07) is -0.757. The van der Waals surface area contributed by atoms with Gasteiger partial charge in [0.15, 0.2) is 0 Å². The van der Waals surface area contributed by atoms with E-state index in [1.807, 2.05) is 21.1 Å². The second-order valence-corrected chi connectivity index (χ2v) is 17.9. The molecule has 0 fully saturated rings. The van der Waals surface area contributed by atoms with E-state index in [1.165, 1.54) is 141 Å². The fourth-order valence-electron chi connectivity index (χ4n) is 6.45. The second-order valence-electron chi connectivity index (χ2n) is 16.4. The number of carbonyl (C=O) groups excluding carboxylic acids is 1. The van der Waals surface area contributed by atoms with Gasteiger partial charge in [0.1, 0.15) is 13.2 Å². The maximum atomic E-state index is 12.8. The van der Waals surface area contributed by atoms with Crippen LogP contribution in [-0.4, -0.2) is 73.4 Å². The van der Waals surface area contributed by atoms with Crippen molar-refractivity contribution in [2.24, 2.45) is 0 Å². The highest BCUT2D eigenvalue weighted by Gasteiger charge is 2.28. The molecular formula is C43H88N2O6P+. The third-order valence-corrected chi connectivity index (χ3v) is 11.0.